The molecule has 0 aliphatic heterocycles. The van der Waals surface area contributed by atoms with Gasteiger partial charge >= 0.3 is 11.9 Å². The van der Waals surface area contributed by atoms with Crippen molar-refractivity contribution in [3.05, 3.63) is 0 Å². The number of carboxylic acids is 2. The van der Waals surface area contributed by atoms with Crippen molar-refractivity contribution in [1.29, 1.82) is 0 Å². The molecular weight excluding hydrogens is 182 g/mol. The molecule has 2 radical (unpaired) electrons. The summed E-state index contributed by atoms with van der Waals surface area (Å²) in [5.74, 6) is -3.65. The van der Waals surface area contributed by atoms with E-state index in [-0.39, 0.29) is 108 Å². The topological polar surface area (TPSA) is 106 Å². The van der Waals surface area contributed by atoms with Crippen LogP contribution in [0.15, 0.2) is 0 Å². The molecule has 0 aromatic rings. The zero-order chi connectivity index (χ0) is 5.15. The van der Waals surface area contributed by atoms with Gasteiger partial charge < -0.3 is 15.7 Å². The molecule has 0 amide bonds. The number of hydrogen-bond acceptors (Lipinski definition) is 2. The van der Waals surface area contributed by atoms with Crippen molar-refractivity contribution in [2.45, 2.75) is 0 Å². The second-order valence-corrected chi connectivity index (χ2v) is 0.610. The maximum Gasteiger partial charge on any atom is 0.414 e. The van der Waals surface area contributed by atoms with Gasteiger partial charge in [-0.15, -0.1) is 0 Å². The number of rotatable bonds is 0. The molecule has 0 saturated carbocycles. The molecule has 0 spiro atoms. The summed E-state index contributed by atoms with van der Waals surface area (Å²) >= 11 is 0. The minimum atomic E-state index is -1.82. The van der Waals surface area contributed by atoms with Crippen molar-refractivity contribution in [2.24, 2.45) is 0 Å². The second-order valence-electron chi connectivity index (χ2n) is 0.610. The van der Waals surface area contributed by atoms with E-state index in [0.29, 0.717) is 0 Å². The maximum atomic E-state index is 9.10. The van der Waals surface area contributed by atoms with E-state index >= 15 is 0 Å². The third-order valence-corrected chi connectivity index (χ3v) is 0.183. The average Bonchev–Trinajstić information content (AvgIpc) is 1.36. The standard InChI is InChI=1S/C2H2O4.2K.H2O/c3-1(4)2(5)6;;;/h(H,3,4)(H,5,6);;;1H2. The Morgan fingerprint density at radius 1 is 0.889 bits per heavy atom. The monoisotopic (exact) mass is 186 g/mol. The van der Waals surface area contributed by atoms with Crippen LogP contribution in [-0.2, 0) is 9.59 Å². The van der Waals surface area contributed by atoms with Gasteiger partial charge in [0.15, 0.2) is 0 Å². The summed E-state index contributed by atoms with van der Waals surface area (Å²) in [6, 6.07) is 0. The fourth-order valence-electron chi connectivity index (χ4n) is 0. The van der Waals surface area contributed by atoms with Crippen LogP contribution < -0.4 is 0 Å². The van der Waals surface area contributed by atoms with Gasteiger partial charge in [-0.25, -0.2) is 9.59 Å². The smallest absolute Gasteiger partial charge is 0.414 e. The predicted molar refractivity (Wildman–Crippen MR) is 30.4 cm³/mol. The number of carboxylic acid groups (broad SMARTS) is 2. The van der Waals surface area contributed by atoms with Gasteiger partial charge in [-0.3, -0.25) is 0 Å². The Hall–Kier alpha value is 2.17. The Kier molecular flexibility index (Phi) is 32.0. The van der Waals surface area contributed by atoms with E-state index in [9.17, 15) is 0 Å². The first-order valence-electron chi connectivity index (χ1n) is 1.11. The van der Waals surface area contributed by atoms with Gasteiger partial charge in [-0.1, -0.05) is 0 Å². The molecule has 0 aliphatic rings. The third-order valence-electron chi connectivity index (χ3n) is 0.183. The van der Waals surface area contributed by atoms with Gasteiger partial charge in [0, 0.05) is 103 Å². The van der Waals surface area contributed by atoms with Gasteiger partial charge in [-0.05, 0) is 0 Å². The van der Waals surface area contributed by atoms with Gasteiger partial charge in [0.2, 0.25) is 0 Å². The van der Waals surface area contributed by atoms with Gasteiger partial charge in [-0.2, -0.15) is 0 Å². The molecule has 0 bridgehead atoms. The Labute approximate surface area is 136 Å². The van der Waals surface area contributed by atoms with Crippen LogP contribution in [0.3, 0.4) is 0 Å². The second kappa shape index (κ2) is 12.8. The summed E-state index contributed by atoms with van der Waals surface area (Å²) in [5.41, 5.74) is 0. The minimum Gasteiger partial charge on any atom is -0.473 e. The predicted octanol–water partition coefficient (Wildman–Crippen LogP) is -2.43. The van der Waals surface area contributed by atoms with Gasteiger partial charge in [0.05, 0.1) is 0 Å². The van der Waals surface area contributed by atoms with Crippen molar-refractivity contribution in [2.75, 3.05) is 0 Å². The summed E-state index contributed by atoms with van der Waals surface area (Å²) < 4.78 is 0. The Balaban J connectivity index is -0.0000000417. The van der Waals surface area contributed by atoms with E-state index in [1.807, 2.05) is 0 Å². The molecule has 9 heavy (non-hydrogen) atoms. The number of carbonyl (C=O) groups is 2. The molecule has 7 heteroatoms. The number of aliphatic carboxylic acids is 2. The van der Waals surface area contributed by atoms with Crippen LogP contribution in [0.25, 0.3) is 0 Å². The van der Waals surface area contributed by atoms with Crippen molar-refractivity contribution >= 4 is 115 Å². The van der Waals surface area contributed by atoms with E-state index in [4.69, 9.17) is 19.8 Å². The summed E-state index contributed by atoms with van der Waals surface area (Å²) in [5, 5.41) is 14.8. The third kappa shape index (κ3) is 17.8. The van der Waals surface area contributed by atoms with Crippen LogP contribution in [0, 0.1) is 0 Å². The first-order chi connectivity index (χ1) is 2.64. The van der Waals surface area contributed by atoms with Crippen LogP contribution in [-0.4, -0.2) is 130 Å². The fraction of sp³-hybridized carbons (Fsp3) is 0. The molecule has 0 fully saturated rings. The Morgan fingerprint density at radius 2 is 1.00 bits per heavy atom. The molecule has 0 aromatic carbocycles. The van der Waals surface area contributed by atoms with Crippen molar-refractivity contribution < 1.29 is 25.3 Å². The first kappa shape index (κ1) is 22.5. The van der Waals surface area contributed by atoms with Crippen LogP contribution in [0.4, 0.5) is 0 Å². The van der Waals surface area contributed by atoms with E-state index in [1.54, 1.807) is 0 Å². The van der Waals surface area contributed by atoms with E-state index in [1.165, 1.54) is 0 Å². The van der Waals surface area contributed by atoms with Crippen molar-refractivity contribution in [3.8, 4) is 0 Å². The molecule has 0 unspecified atom stereocenters. The normalized spacial score (nSPS) is 4.89. The molecule has 0 aliphatic carbocycles. The summed E-state index contributed by atoms with van der Waals surface area (Å²) in [7, 11) is 0. The molecular formula is C2H4K2O5. The SMILES string of the molecule is O.O=C(O)C(=O)O.[K].[K]. The first-order valence-corrected chi connectivity index (χ1v) is 1.11. The molecule has 5 nitrogen and oxygen atoms in total. The molecule has 44 valence electrons. The minimum absolute atomic E-state index is 0. The van der Waals surface area contributed by atoms with Crippen LogP contribution in [0.1, 0.15) is 0 Å². The molecule has 0 aromatic heterocycles. The summed E-state index contributed by atoms with van der Waals surface area (Å²) in [6.45, 7) is 0. The van der Waals surface area contributed by atoms with Crippen molar-refractivity contribution in [1.82, 2.24) is 0 Å². The van der Waals surface area contributed by atoms with E-state index < -0.39 is 11.9 Å². The molecule has 0 heterocycles. The molecule has 0 rings (SSSR count). The Morgan fingerprint density at radius 3 is 1.00 bits per heavy atom. The van der Waals surface area contributed by atoms with E-state index in [0.717, 1.165) is 0 Å². The molecule has 0 atom stereocenters. The zero-order valence-electron chi connectivity index (χ0n) is 5.21. The van der Waals surface area contributed by atoms with E-state index in [2.05, 4.69) is 0 Å². The molecule has 4 N–H and O–H groups in total. The van der Waals surface area contributed by atoms with Crippen molar-refractivity contribution in [3.63, 3.8) is 0 Å². The quantitative estimate of drug-likeness (QED) is 0.324. The van der Waals surface area contributed by atoms with Gasteiger partial charge in [0.25, 0.3) is 0 Å². The zero-order valence-corrected chi connectivity index (χ0v) is 11.5. The maximum absolute atomic E-state index is 9.10. The van der Waals surface area contributed by atoms with Crippen LogP contribution in [0.2, 0.25) is 0 Å². The fourth-order valence-corrected chi connectivity index (χ4v) is 0. The summed E-state index contributed by atoms with van der Waals surface area (Å²) in [6.07, 6.45) is 0. The number of hydrogen-bond donors (Lipinski definition) is 2. The molecule has 0 saturated heterocycles. The van der Waals surface area contributed by atoms with Crippen LogP contribution in [0.5, 0.6) is 0 Å². The summed E-state index contributed by atoms with van der Waals surface area (Å²) in [4.78, 5) is 18.2. The van der Waals surface area contributed by atoms with Gasteiger partial charge in [0.1, 0.15) is 0 Å². The average molecular weight is 186 g/mol. The largest absolute Gasteiger partial charge is 0.473 e. The van der Waals surface area contributed by atoms with Crippen LogP contribution >= 0.6 is 0 Å². The Bertz CT molecular complexity index is 79.0.